The highest BCUT2D eigenvalue weighted by Crippen LogP contribution is 2.20. The summed E-state index contributed by atoms with van der Waals surface area (Å²) in [5.74, 6) is 0.709. The van der Waals surface area contributed by atoms with Gasteiger partial charge in [0.05, 0.1) is 5.75 Å². The number of carbonyl (C=O) groups is 2. The molecule has 1 aromatic carbocycles. The lowest BCUT2D eigenvalue weighted by molar-refractivity contribution is -0.128. The van der Waals surface area contributed by atoms with Crippen LogP contribution in [0.25, 0.3) is 5.82 Å². The molecule has 1 aliphatic carbocycles. The van der Waals surface area contributed by atoms with Crippen LogP contribution in [0.2, 0.25) is 0 Å². The van der Waals surface area contributed by atoms with Crippen molar-refractivity contribution in [3.63, 3.8) is 0 Å². The van der Waals surface area contributed by atoms with E-state index in [1.807, 2.05) is 42.2 Å². The third kappa shape index (κ3) is 5.69. The molecule has 31 heavy (non-hydrogen) atoms. The molecule has 8 nitrogen and oxygen atoms in total. The summed E-state index contributed by atoms with van der Waals surface area (Å²) in [5.41, 5.74) is 1.46. The van der Waals surface area contributed by atoms with Crippen molar-refractivity contribution in [2.24, 2.45) is 0 Å². The van der Waals surface area contributed by atoms with Gasteiger partial charge in [0.25, 0.3) is 5.91 Å². The number of aromatic nitrogens is 4. The molecule has 160 valence electrons. The maximum atomic E-state index is 12.7. The fourth-order valence-corrected chi connectivity index (χ4v) is 3.77. The van der Waals surface area contributed by atoms with Gasteiger partial charge in [0, 0.05) is 31.4 Å². The van der Waals surface area contributed by atoms with Crippen LogP contribution in [0.5, 0.6) is 0 Å². The molecule has 0 unspecified atom stereocenters. The van der Waals surface area contributed by atoms with Gasteiger partial charge in [0.15, 0.2) is 11.5 Å². The molecule has 0 spiro atoms. The summed E-state index contributed by atoms with van der Waals surface area (Å²) in [6.45, 7) is 3.20. The number of benzene rings is 1. The molecule has 0 saturated heterocycles. The van der Waals surface area contributed by atoms with Crippen molar-refractivity contribution in [3.8, 4) is 5.82 Å². The van der Waals surface area contributed by atoms with Crippen LogP contribution in [0.15, 0.2) is 60.0 Å². The number of amides is 2. The molecule has 1 fully saturated rings. The number of carbonyl (C=O) groups excluding carboxylic acids is 2. The van der Waals surface area contributed by atoms with Crippen molar-refractivity contribution in [1.29, 1.82) is 0 Å². The number of nitrogens with one attached hydrogen (secondary N) is 1. The predicted molar refractivity (Wildman–Crippen MR) is 118 cm³/mol. The van der Waals surface area contributed by atoms with Crippen LogP contribution in [-0.2, 0) is 11.3 Å². The van der Waals surface area contributed by atoms with Crippen molar-refractivity contribution in [2.45, 2.75) is 37.4 Å². The Morgan fingerprint density at radius 2 is 2.00 bits per heavy atom. The molecular weight excluding hydrogens is 412 g/mol. The summed E-state index contributed by atoms with van der Waals surface area (Å²) >= 11 is 1.36. The van der Waals surface area contributed by atoms with Gasteiger partial charge in [-0.1, -0.05) is 42.1 Å². The Morgan fingerprint density at radius 1 is 1.19 bits per heavy atom. The van der Waals surface area contributed by atoms with Crippen LogP contribution in [0, 0.1) is 0 Å². The quantitative estimate of drug-likeness (QED) is 0.410. The molecule has 1 N–H and O–H groups in total. The van der Waals surface area contributed by atoms with Gasteiger partial charge in [-0.3, -0.25) is 9.59 Å². The molecule has 0 bridgehead atoms. The Balaban J connectivity index is 1.36. The van der Waals surface area contributed by atoms with E-state index in [0.717, 1.165) is 18.4 Å². The van der Waals surface area contributed by atoms with Gasteiger partial charge in [-0.15, -0.1) is 0 Å². The first-order chi connectivity index (χ1) is 15.1. The van der Waals surface area contributed by atoms with Crippen LogP contribution >= 0.6 is 11.8 Å². The Kier molecular flexibility index (Phi) is 6.61. The fourth-order valence-electron chi connectivity index (χ4n) is 3.00. The predicted octanol–water partition coefficient (Wildman–Crippen LogP) is 2.70. The minimum atomic E-state index is -0.173. The molecule has 0 radical (unpaired) electrons. The fraction of sp³-hybridized carbons (Fsp3) is 0.318. The third-order valence-electron chi connectivity index (χ3n) is 4.89. The lowest BCUT2D eigenvalue weighted by atomic mass is 10.2. The summed E-state index contributed by atoms with van der Waals surface area (Å²) in [7, 11) is 0. The van der Waals surface area contributed by atoms with E-state index >= 15 is 0 Å². The van der Waals surface area contributed by atoms with Crippen LogP contribution in [0.4, 0.5) is 0 Å². The molecule has 0 aliphatic heterocycles. The van der Waals surface area contributed by atoms with E-state index in [9.17, 15) is 9.59 Å². The van der Waals surface area contributed by atoms with E-state index in [1.165, 1.54) is 18.1 Å². The maximum Gasteiger partial charge on any atom is 0.272 e. The molecule has 4 rings (SSSR count). The Bertz CT molecular complexity index is 1050. The summed E-state index contributed by atoms with van der Waals surface area (Å²) < 4.78 is 1.54. The van der Waals surface area contributed by atoms with Crippen LogP contribution in [-0.4, -0.2) is 54.8 Å². The largest absolute Gasteiger partial charge is 0.348 e. The average Bonchev–Trinajstić information content (AvgIpc) is 3.47. The van der Waals surface area contributed by atoms with Gasteiger partial charge in [-0.25, -0.2) is 14.6 Å². The highest BCUT2D eigenvalue weighted by molar-refractivity contribution is 7.99. The molecule has 9 heteroatoms. The minimum absolute atomic E-state index is 0.0506. The molecule has 1 aliphatic rings. The van der Waals surface area contributed by atoms with E-state index in [2.05, 4.69) is 20.4 Å². The summed E-state index contributed by atoms with van der Waals surface area (Å²) in [4.78, 5) is 35.1. The zero-order chi connectivity index (χ0) is 21.6. The second-order valence-electron chi connectivity index (χ2n) is 7.29. The summed E-state index contributed by atoms with van der Waals surface area (Å²) in [6, 6.07) is 13.7. The standard InChI is InChI=1S/C22H24N6O2S/c1-2-27(13-16-6-4-3-5-7-16)21(29)14-31-20-12-19(23-15-24-20)28-11-10-18(26-28)22(30)25-17-8-9-17/h3-7,10-12,15,17H,2,8-9,13-14H2,1H3,(H,25,30). The second kappa shape index (κ2) is 9.74. The van der Waals surface area contributed by atoms with E-state index in [-0.39, 0.29) is 23.6 Å². The molecule has 2 aromatic heterocycles. The Morgan fingerprint density at radius 3 is 2.74 bits per heavy atom. The van der Waals surface area contributed by atoms with Crippen molar-refractivity contribution in [2.75, 3.05) is 12.3 Å². The Hall–Kier alpha value is -3.20. The SMILES string of the molecule is CCN(Cc1ccccc1)C(=O)CSc1cc(-n2ccc(C(=O)NC3CC3)n2)ncn1. The molecule has 1 saturated carbocycles. The highest BCUT2D eigenvalue weighted by atomic mass is 32.2. The average molecular weight is 437 g/mol. The van der Waals surface area contributed by atoms with Crippen molar-refractivity contribution >= 4 is 23.6 Å². The number of rotatable bonds is 9. The highest BCUT2D eigenvalue weighted by Gasteiger charge is 2.24. The van der Waals surface area contributed by atoms with Crippen molar-refractivity contribution < 1.29 is 9.59 Å². The second-order valence-corrected chi connectivity index (χ2v) is 8.29. The minimum Gasteiger partial charge on any atom is -0.348 e. The monoisotopic (exact) mass is 436 g/mol. The maximum absolute atomic E-state index is 12.7. The van der Waals surface area contributed by atoms with Gasteiger partial charge >= 0.3 is 0 Å². The number of hydrogen-bond donors (Lipinski definition) is 1. The lowest BCUT2D eigenvalue weighted by Crippen LogP contribution is -2.31. The van der Waals surface area contributed by atoms with E-state index in [1.54, 1.807) is 23.0 Å². The molecular formula is C22H24N6O2S. The van der Waals surface area contributed by atoms with Crippen LogP contribution in [0.3, 0.4) is 0 Å². The smallest absolute Gasteiger partial charge is 0.272 e. The normalized spacial score (nSPS) is 13.1. The van der Waals surface area contributed by atoms with Gasteiger partial charge in [-0.2, -0.15) is 5.10 Å². The molecule has 2 heterocycles. The van der Waals surface area contributed by atoms with Crippen LogP contribution in [0.1, 0.15) is 35.8 Å². The van der Waals surface area contributed by atoms with E-state index in [0.29, 0.717) is 29.6 Å². The van der Waals surface area contributed by atoms with Crippen LogP contribution < -0.4 is 5.32 Å². The first-order valence-corrected chi connectivity index (χ1v) is 11.2. The lowest BCUT2D eigenvalue weighted by Gasteiger charge is -2.20. The molecule has 2 amide bonds. The molecule has 3 aromatic rings. The van der Waals surface area contributed by atoms with Gasteiger partial charge in [-0.05, 0) is 31.4 Å². The van der Waals surface area contributed by atoms with Crippen molar-refractivity contribution in [3.05, 3.63) is 66.2 Å². The zero-order valence-corrected chi connectivity index (χ0v) is 18.1. The topological polar surface area (TPSA) is 93.0 Å². The first-order valence-electron chi connectivity index (χ1n) is 10.3. The van der Waals surface area contributed by atoms with Crippen molar-refractivity contribution in [1.82, 2.24) is 30.0 Å². The zero-order valence-electron chi connectivity index (χ0n) is 17.3. The number of hydrogen-bond acceptors (Lipinski definition) is 6. The number of thioether (sulfide) groups is 1. The van der Waals surface area contributed by atoms with Gasteiger partial charge in [0.1, 0.15) is 11.4 Å². The number of nitrogens with zero attached hydrogens (tertiary/aromatic N) is 5. The van der Waals surface area contributed by atoms with Gasteiger partial charge in [0.2, 0.25) is 5.91 Å². The summed E-state index contributed by atoms with van der Waals surface area (Å²) in [6.07, 6.45) is 5.19. The van der Waals surface area contributed by atoms with E-state index in [4.69, 9.17) is 0 Å². The Labute approximate surface area is 185 Å². The summed E-state index contributed by atoms with van der Waals surface area (Å²) in [5, 5.41) is 7.91. The van der Waals surface area contributed by atoms with E-state index < -0.39 is 0 Å². The third-order valence-corrected chi connectivity index (χ3v) is 5.80. The molecule has 0 atom stereocenters. The van der Waals surface area contributed by atoms with Gasteiger partial charge < -0.3 is 10.2 Å². The first kappa shape index (κ1) is 21.0.